The largest absolute Gasteiger partial charge is 0.480 e. The zero-order valence-electron chi connectivity index (χ0n) is 10.3. The van der Waals surface area contributed by atoms with Crippen LogP contribution in [0.5, 0.6) is 0 Å². The van der Waals surface area contributed by atoms with E-state index >= 15 is 0 Å². The minimum atomic E-state index is -1.12. The van der Waals surface area contributed by atoms with E-state index in [1.54, 1.807) is 12.1 Å². The molecule has 0 fully saturated rings. The van der Waals surface area contributed by atoms with Crippen LogP contribution in [0.25, 0.3) is 0 Å². The van der Waals surface area contributed by atoms with E-state index in [4.69, 9.17) is 11.5 Å². The summed E-state index contributed by atoms with van der Waals surface area (Å²) < 4.78 is 0.854. The Morgan fingerprint density at radius 1 is 1.53 bits per heavy atom. The summed E-state index contributed by atoms with van der Waals surface area (Å²) in [6.45, 7) is 1.42. The first-order chi connectivity index (χ1) is 8.93. The van der Waals surface area contributed by atoms with Gasteiger partial charge in [0.05, 0.1) is 6.54 Å². The molecule has 2 N–H and O–H groups in total. The maximum atomic E-state index is 11.9. The number of carboxylic acids is 1. The van der Waals surface area contributed by atoms with Crippen molar-refractivity contribution in [2.45, 2.75) is 6.92 Å². The second-order valence-electron chi connectivity index (χ2n) is 3.85. The standard InChI is InChI=1S/C13H13BrN2O3/c1-3-6-16(8-12(17)18)13(19)15-10-5-4-9(2)11(14)7-10/h1,4-5,7H,6,8H2,2H3,(H,15,19)(H,17,18). The van der Waals surface area contributed by atoms with E-state index in [1.165, 1.54) is 0 Å². The number of nitrogens with zero attached hydrogens (tertiary/aromatic N) is 1. The van der Waals surface area contributed by atoms with Crippen LogP contribution in [0.15, 0.2) is 22.7 Å². The molecule has 0 aliphatic rings. The lowest BCUT2D eigenvalue weighted by Crippen LogP contribution is -2.39. The third kappa shape index (κ3) is 4.64. The molecule has 0 spiro atoms. The third-order valence-corrected chi connectivity index (χ3v) is 3.17. The summed E-state index contributed by atoms with van der Waals surface area (Å²) in [5.74, 6) is 1.14. The molecule has 0 saturated carbocycles. The first-order valence-corrected chi connectivity index (χ1v) is 6.20. The zero-order valence-corrected chi connectivity index (χ0v) is 11.9. The van der Waals surface area contributed by atoms with Crippen molar-refractivity contribution in [3.63, 3.8) is 0 Å². The predicted octanol–water partition coefficient (Wildman–Crippen LogP) is 2.31. The number of benzene rings is 1. The number of hydrogen-bond donors (Lipinski definition) is 2. The van der Waals surface area contributed by atoms with Crippen LogP contribution in [-0.2, 0) is 4.79 Å². The molecular weight excluding hydrogens is 312 g/mol. The highest BCUT2D eigenvalue weighted by atomic mass is 79.9. The van der Waals surface area contributed by atoms with Gasteiger partial charge in [0.1, 0.15) is 6.54 Å². The number of aliphatic carboxylic acids is 1. The molecule has 0 aromatic heterocycles. The van der Waals surface area contributed by atoms with Gasteiger partial charge in [-0.25, -0.2) is 4.79 Å². The molecule has 0 bridgehead atoms. The number of rotatable bonds is 4. The van der Waals surface area contributed by atoms with Crippen LogP contribution in [0.4, 0.5) is 10.5 Å². The monoisotopic (exact) mass is 324 g/mol. The second kappa shape index (κ2) is 6.81. The number of hydrogen-bond acceptors (Lipinski definition) is 2. The van der Waals surface area contributed by atoms with E-state index in [-0.39, 0.29) is 6.54 Å². The highest BCUT2D eigenvalue weighted by molar-refractivity contribution is 9.10. The maximum Gasteiger partial charge on any atom is 0.323 e. The fraction of sp³-hybridized carbons (Fsp3) is 0.231. The summed E-state index contributed by atoms with van der Waals surface area (Å²) in [5.41, 5.74) is 1.60. The number of carbonyl (C=O) groups excluding carboxylic acids is 1. The first kappa shape index (κ1) is 15.1. The summed E-state index contributed by atoms with van der Waals surface area (Å²) in [6.07, 6.45) is 5.11. The van der Waals surface area contributed by atoms with E-state index in [0.29, 0.717) is 5.69 Å². The van der Waals surface area contributed by atoms with Crippen molar-refractivity contribution >= 4 is 33.6 Å². The van der Waals surface area contributed by atoms with Crippen LogP contribution in [0, 0.1) is 19.3 Å². The summed E-state index contributed by atoms with van der Waals surface area (Å²) in [5, 5.41) is 11.3. The van der Waals surface area contributed by atoms with Crippen LogP contribution in [0.2, 0.25) is 0 Å². The Balaban J connectivity index is 2.78. The Bertz CT molecular complexity index is 537. The van der Waals surface area contributed by atoms with E-state index in [1.807, 2.05) is 13.0 Å². The Morgan fingerprint density at radius 2 is 2.21 bits per heavy atom. The van der Waals surface area contributed by atoms with Gasteiger partial charge in [-0.1, -0.05) is 27.9 Å². The molecule has 0 radical (unpaired) electrons. The number of nitrogens with one attached hydrogen (secondary N) is 1. The average molecular weight is 325 g/mol. The van der Waals surface area contributed by atoms with Gasteiger partial charge in [-0.15, -0.1) is 6.42 Å². The molecule has 5 nitrogen and oxygen atoms in total. The SMILES string of the molecule is C#CCN(CC(=O)O)C(=O)Nc1ccc(C)c(Br)c1. The number of carbonyl (C=O) groups is 2. The van der Waals surface area contributed by atoms with Gasteiger partial charge in [-0.3, -0.25) is 4.79 Å². The normalized spacial score (nSPS) is 9.53. The molecule has 0 aliphatic heterocycles. The smallest absolute Gasteiger partial charge is 0.323 e. The van der Waals surface area contributed by atoms with Crippen molar-refractivity contribution in [2.75, 3.05) is 18.4 Å². The minimum Gasteiger partial charge on any atom is -0.480 e. The Labute approximate surface area is 119 Å². The molecule has 19 heavy (non-hydrogen) atoms. The van der Waals surface area contributed by atoms with Crippen LogP contribution >= 0.6 is 15.9 Å². The van der Waals surface area contributed by atoms with Gasteiger partial charge < -0.3 is 15.3 Å². The van der Waals surface area contributed by atoms with Crippen LogP contribution in [-0.4, -0.2) is 35.1 Å². The molecular formula is C13H13BrN2O3. The van der Waals surface area contributed by atoms with Crippen LogP contribution in [0.3, 0.4) is 0 Å². The number of halogens is 1. The zero-order chi connectivity index (χ0) is 14.4. The topological polar surface area (TPSA) is 69.6 Å². The number of anilines is 1. The van der Waals surface area contributed by atoms with Gasteiger partial charge in [-0.2, -0.15) is 0 Å². The van der Waals surface area contributed by atoms with Crippen molar-refractivity contribution in [1.82, 2.24) is 4.90 Å². The van der Waals surface area contributed by atoms with Gasteiger partial charge in [-0.05, 0) is 24.6 Å². The molecule has 100 valence electrons. The molecule has 1 rings (SSSR count). The Morgan fingerprint density at radius 3 is 2.74 bits per heavy atom. The molecule has 0 heterocycles. The van der Waals surface area contributed by atoms with Crippen molar-refractivity contribution in [3.8, 4) is 12.3 Å². The number of urea groups is 1. The number of terminal acetylenes is 1. The quantitative estimate of drug-likeness (QED) is 0.835. The van der Waals surface area contributed by atoms with E-state index < -0.39 is 18.5 Å². The van der Waals surface area contributed by atoms with Crippen molar-refractivity contribution in [2.24, 2.45) is 0 Å². The second-order valence-corrected chi connectivity index (χ2v) is 4.70. The summed E-state index contributed by atoms with van der Waals surface area (Å²) >= 11 is 3.35. The molecule has 2 amide bonds. The molecule has 0 unspecified atom stereocenters. The summed E-state index contributed by atoms with van der Waals surface area (Å²) in [7, 11) is 0. The molecule has 1 aromatic rings. The lowest BCUT2D eigenvalue weighted by atomic mass is 10.2. The average Bonchev–Trinajstić information content (AvgIpc) is 2.33. The van der Waals surface area contributed by atoms with Crippen molar-refractivity contribution in [3.05, 3.63) is 28.2 Å². The fourth-order valence-corrected chi connectivity index (χ4v) is 1.72. The lowest BCUT2D eigenvalue weighted by molar-refractivity contribution is -0.137. The van der Waals surface area contributed by atoms with Crippen molar-refractivity contribution in [1.29, 1.82) is 0 Å². The molecule has 6 heteroatoms. The van der Waals surface area contributed by atoms with Crippen LogP contribution in [0.1, 0.15) is 5.56 Å². The molecule has 0 atom stereocenters. The van der Waals surface area contributed by atoms with E-state index in [0.717, 1.165) is 14.9 Å². The Kier molecular flexibility index (Phi) is 5.39. The van der Waals surface area contributed by atoms with E-state index in [9.17, 15) is 9.59 Å². The van der Waals surface area contributed by atoms with Gasteiger partial charge in [0, 0.05) is 10.2 Å². The Hall–Kier alpha value is -2.00. The molecule has 1 aromatic carbocycles. The van der Waals surface area contributed by atoms with Gasteiger partial charge in [0.25, 0.3) is 0 Å². The van der Waals surface area contributed by atoms with Gasteiger partial charge in [0.15, 0.2) is 0 Å². The fourth-order valence-electron chi connectivity index (χ4n) is 1.35. The number of amides is 2. The first-order valence-electron chi connectivity index (χ1n) is 5.41. The maximum absolute atomic E-state index is 11.9. The summed E-state index contributed by atoms with van der Waals surface area (Å²) in [4.78, 5) is 23.6. The lowest BCUT2D eigenvalue weighted by Gasteiger charge is -2.18. The van der Waals surface area contributed by atoms with Gasteiger partial charge >= 0.3 is 12.0 Å². The highest BCUT2D eigenvalue weighted by Crippen LogP contribution is 2.20. The van der Waals surface area contributed by atoms with Crippen molar-refractivity contribution < 1.29 is 14.7 Å². The third-order valence-electron chi connectivity index (χ3n) is 2.32. The number of carboxylic acid groups (broad SMARTS) is 1. The minimum absolute atomic E-state index is 0.0643. The molecule has 0 saturated heterocycles. The van der Waals surface area contributed by atoms with Crippen LogP contribution < -0.4 is 5.32 Å². The number of aryl methyl sites for hydroxylation is 1. The predicted molar refractivity (Wildman–Crippen MR) is 75.9 cm³/mol. The van der Waals surface area contributed by atoms with Gasteiger partial charge in [0.2, 0.25) is 0 Å². The highest BCUT2D eigenvalue weighted by Gasteiger charge is 2.15. The van der Waals surface area contributed by atoms with E-state index in [2.05, 4.69) is 27.2 Å². The summed E-state index contributed by atoms with van der Waals surface area (Å²) in [6, 6.07) is 4.76. The molecule has 0 aliphatic carbocycles.